The van der Waals surface area contributed by atoms with Gasteiger partial charge in [0.15, 0.2) is 0 Å². The number of nitrogens with one attached hydrogen (secondary N) is 3. The van der Waals surface area contributed by atoms with Crippen LogP contribution in [0.2, 0.25) is 5.02 Å². The lowest BCUT2D eigenvalue weighted by Crippen LogP contribution is -2.53. The molecule has 8 atom stereocenters. The lowest BCUT2D eigenvalue weighted by molar-refractivity contribution is 0.0167. The summed E-state index contributed by atoms with van der Waals surface area (Å²) in [6.07, 6.45) is 8.12. The summed E-state index contributed by atoms with van der Waals surface area (Å²) in [7, 11) is 3.51. The Morgan fingerprint density at radius 1 is 1.13 bits per heavy atom. The van der Waals surface area contributed by atoms with Gasteiger partial charge in [0.2, 0.25) is 0 Å². The minimum atomic E-state index is -0.467. The first-order valence-electron chi connectivity index (χ1n) is 14.9. The van der Waals surface area contributed by atoms with E-state index in [0.717, 1.165) is 61.0 Å². The van der Waals surface area contributed by atoms with Crippen LogP contribution >= 0.6 is 11.6 Å². The molecule has 1 aliphatic heterocycles. The number of rotatable bonds is 11. The first kappa shape index (κ1) is 28.5. The van der Waals surface area contributed by atoms with Crippen molar-refractivity contribution < 1.29 is 19.1 Å². The second-order valence-corrected chi connectivity index (χ2v) is 12.6. The average Bonchev–Trinajstić information content (AvgIpc) is 3.34. The summed E-state index contributed by atoms with van der Waals surface area (Å²) in [6.45, 7) is 2.46. The van der Waals surface area contributed by atoms with E-state index >= 15 is 0 Å². The number of hydrogen-bond donors (Lipinski definition) is 3. The summed E-state index contributed by atoms with van der Waals surface area (Å²) in [6, 6.07) is 7.82. The number of ether oxygens (including phenoxy) is 2. The van der Waals surface area contributed by atoms with Crippen LogP contribution in [0.5, 0.6) is 0 Å². The van der Waals surface area contributed by atoms with Gasteiger partial charge in [0.05, 0.1) is 19.3 Å². The molecule has 5 fully saturated rings. The maximum Gasteiger partial charge on any atom is 0.406 e. The molecule has 0 aromatic heterocycles. The molecule has 1 aromatic carbocycles. The number of carbonyl (C=O) groups is 2. The molecule has 6 rings (SSSR count). The Morgan fingerprint density at radius 2 is 1.97 bits per heavy atom. The lowest BCUT2D eigenvalue weighted by Gasteiger charge is -2.42. The van der Waals surface area contributed by atoms with Crippen molar-refractivity contribution in [2.24, 2.45) is 35.5 Å². The van der Waals surface area contributed by atoms with Crippen LogP contribution in [0, 0.1) is 35.5 Å². The standard InChI is InChI=1S/C30H45ClN4O4/c1-32-17-25(16-27-23-12-19-11-22(14-23)26(27)13-19)34-29(36)35-8-4-6-21(18-38-9-10-39-30(37)33-2)28(35)20-5-3-7-24(31)15-20/h3,5,7,15,19,21-23,25-28,32H,4,6,8-14,16-18H2,1-2H3,(H,33,37)(H,34,36). The number of nitrogens with zero attached hydrogens (tertiary/aromatic N) is 1. The van der Waals surface area contributed by atoms with Gasteiger partial charge in [0.25, 0.3) is 0 Å². The van der Waals surface area contributed by atoms with Crippen molar-refractivity contribution in [3.63, 3.8) is 0 Å². The monoisotopic (exact) mass is 560 g/mol. The fourth-order valence-corrected chi connectivity index (χ4v) is 8.59. The molecule has 0 radical (unpaired) electrons. The summed E-state index contributed by atoms with van der Waals surface area (Å²) in [5.41, 5.74) is 1.03. The third-order valence-electron chi connectivity index (χ3n) is 9.78. The maximum absolute atomic E-state index is 13.9. The number of carbonyl (C=O) groups excluding carboxylic acids is 2. The van der Waals surface area contributed by atoms with Crippen molar-refractivity contribution in [1.29, 1.82) is 0 Å². The SMILES string of the molecule is CNCC(CC1C2CC3CC(C2)C1C3)NC(=O)N1CCCC(COCCOC(=O)NC)C1c1cccc(Cl)c1. The van der Waals surface area contributed by atoms with Crippen molar-refractivity contribution in [2.75, 3.05) is 47.0 Å². The van der Waals surface area contributed by atoms with Crippen molar-refractivity contribution in [3.8, 4) is 0 Å². The normalized spacial score (nSPS) is 31.8. The number of piperidine rings is 1. The van der Waals surface area contributed by atoms with Crippen LogP contribution in [0.3, 0.4) is 0 Å². The average molecular weight is 561 g/mol. The van der Waals surface area contributed by atoms with E-state index in [1.807, 2.05) is 30.1 Å². The first-order valence-corrected chi connectivity index (χ1v) is 15.2. The fraction of sp³-hybridized carbons (Fsp3) is 0.733. The van der Waals surface area contributed by atoms with Crippen molar-refractivity contribution in [2.45, 2.75) is 57.0 Å². The molecule has 5 aliphatic rings. The zero-order chi connectivity index (χ0) is 27.4. The molecule has 4 aliphatic carbocycles. The first-order chi connectivity index (χ1) is 19.0. The van der Waals surface area contributed by atoms with E-state index in [9.17, 15) is 9.59 Å². The number of benzene rings is 1. The molecule has 1 aromatic rings. The van der Waals surface area contributed by atoms with Crippen molar-refractivity contribution in [3.05, 3.63) is 34.9 Å². The second-order valence-electron chi connectivity index (χ2n) is 12.2. The number of likely N-dealkylation sites (tertiary alicyclic amines) is 1. The molecule has 4 bridgehead atoms. The summed E-state index contributed by atoms with van der Waals surface area (Å²) < 4.78 is 11.0. The van der Waals surface area contributed by atoms with Crippen LogP contribution in [0.4, 0.5) is 9.59 Å². The Labute approximate surface area is 237 Å². The van der Waals surface area contributed by atoms with E-state index in [0.29, 0.717) is 24.8 Å². The number of likely N-dealkylation sites (N-methyl/N-ethyl adjacent to an activating group) is 1. The summed E-state index contributed by atoms with van der Waals surface area (Å²) in [5.74, 6) is 4.48. The zero-order valence-corrected chi connectivity index (χ0v) is 24.1. The van der Waals surface area contributed by atoms with Crippen molar-refractivity contribution in [1.82, 2.24) is 20.9 Å². The van der Waals surface area contributed by atoms with Gasteiger partial charge in [0.1, 0.15) is 6.61 Å². The van der Waals surface area contributed by atoms with Crippen LogP contribution in [-0.4, -0.2) is 70.1 Å². The van der Waals surface area contributed by atoms with Crippen molar-refractivity contribution >= 4 is 23.7 Å². The minimum absolute atomic E-state index is 0.000306. The smallest absolute Gasteiger partial charge is 0.406 e. The van der Waals surface area contributed by atoms with E-state index in [1.165, 1.54) is 32.7 Å². The number of alkyl carbamates (subject to hydrolysis) is 1. The van der Waals surface area contributed by atoms with Gasteiger partial charge in [-0.05, 0) is 99.3 Å². The highest BCUT2D eigenvalue weighted by Gasteiger charge is 2.53. The molecule has 8 nitrogen and oxygen atoms in total. The molecular weight excluding hydrogens is 516 g/mol. The van der Waals surface area contributed by atoms with E-state index in [1.54, 1.807) is 0 Å². The molecule has 4 saturated carbocycles. The van der Waals surface area contributed by atoms with Gasteiger partial charge in [-0.25, -0.2) is 9.59 Å². The molecular formula is C30H45ClN4O4. The van der Waals surface area contributed by atoms with Gasteiger partial charge in [-0.3, -0.25) is 0 Å². The molecule has 8 unspecified atom stereocenters. The van der Waals surface area contributed by atoms with Crippen LogP contribution in [-0.2, 0) is 9.47 Å². The predicted octanol–water partition coefficient (Wildman–Crippen LogP) is 4.84. The maximum atomic E-state index is 13.9. The fourth-order valence-electron chi connectivity index (χ4n) is 8.39. The molecule has 9 heteroatoms. The molecule has 3 amide bonds. The minimum Gasteiger partial charge on any atom is -0.447 e. The third kappa shape index (κ3) is 6.66. The molecule has 216 valence electrons. The predicted molar refractivity (Wildman–Crippen MR) is 152 cm³/mol. The second kappa shape index (κ2) is 13.1. The van der Waals surface area contributed by atoms with E-state index in [-0.39, 0.29) is 30.6 Å². The van der Waals surface area contributed by atoms with Gasteiger partial charge in [-0.15, -0.1) is 0 Å². The number of amides is 3. The van der Waals surface area contributed by atoms with Gasteiger partial charge in [-0.2, -0.15) is 0 Å². The van der Waals surface area contributed by atoms with E-state index in [2.05, 4.69) is 22.0 Å². The topological polar surface area (TPSA) is 91.9 Å². The highest BCUT2D eigenvalue weighted by Crippen LogP contribution is 2.62. The van der Waals surface area contributed by atoms with Gasteiger partial charge in [0, 0.05) is 37.1 Å². The molecule has 1 saturated heterocycles. The molecule has 1 heterocycles. The van der Waals surface area contributed by atoms with Crippen LogP contribution in [0.25, 0.3) is 0 Å². The number of halogens is 1. The van der Waals surface area contributed by atoms with Crippen LogP contribution in [0.1, 0.15) is 56.6 Å². The zero-order valence-electron chi connectivity index (χ0n) is 23.4. The Kier molecular flexibility index (Phi) is 9.56. The largest absolute Gasteiger partial charge is 0.447 e. The summed E-state index contributed by atoms with van der Waals surface area (Å²) >= 11 is 6.40. The third-order valence-corrected chi connectivity index (χ3v) is 10.0. The number of urea groups is 1. The van der Waals surface area contributed by atoms with Gasteiger partial charge < -0.3 is 30.3 Å². The molecule has 0 spiro atoms. The highest BCUT2D eigenvalue weighted by atomic mass is 35.5. The lowest BCUT2D eigenvalue weighted by atomic mass is 9.73. The Morgan fingerprint density at radius 3 is 2.74 bits per heavy atom. The van der Waals surface area contributed by atoms with Crippen LogP contribution in [0.15, 0.2) is 24.3 Å². The summed E-state index contributed by atoms with van der Waals surface area (Å²) in [4.78, 5) is 27.2. The Hall–Kier alpha value is -2.03. The molecule has 3 N–H and O–H groups in total. The molecule has 39 heavy (non-hydrogen) atoms. The highest BCUT2D eigenvalue weighted by molar-refractivity contribution is 6.30. The Balaban J connectivity index is 1.25. The Bertz CT molecular complexity index is 991. The quantitative estimate of drug-likeness (QED) is 0.337. The van der Waals surface area contributed by atoms with Gasteiger partial charge in [-0.1, -0.05) is 23.7 Å². The van der Waals surface area contributed by atoms with Crippen LogP contribution < -0.4 is 16.0 Å². The number of hydrogen-bond acceptors (Lipinski definition) is 5. The van der Waals surface area contributed by atoms with E-state index in [4.69, 9.17) is 21.1 Å². The van der Waals surface area contributed by atoms with Gasteiger partial charge >= 0.3 is 12.1 Å². The summed E-state index contributed by atoms with van der Waals surface area (Å²) in [5, 5.41) is 9.88. The van der Waals surface area contributed by atoms with E-state index < -0.39 is 6.09 Å².